The second-order valence-corrected chi connectivity index (χ2v) is 22.9. The molecule has 12 nitrogen and oxygen atoms in total. The summed E-state index contributed by atoms with van der Waals surface area (Å²) in [5.41, 5.74) is 12.3. The van der Waals surface area contributed by atoms with Gasteiger partial charge in [-0.2, -0.15) is 0 Å². The van der Waals surface area contributed by atoms with Gasteiger partial charge in [0.05, 0.1) is 31.2 Å². The largest absolute Gasteiger partial charge is 0.504 e. The van der Waals surface area contributed by atoms with Crippen LogP contribution in [0.25, 0.3) is 16.8 Å². The number of aryl methyl sites for hydroxylation is 1. The molecular weight excluding hydrogens is 915 g/mol. The smallest absolute Gasteiger partial charge is 0.160 e. The normalized spacial score (nSPS) is 34.1. The Balaban J connectivity index is 0.843. The van der Waals surface area contributed by atoms with Gasteiger partial charge in [0.25, 0.3) is 0 Å². The van der Waals surface area contributed by atoms with Gasteiger partial charge in [0.1, 0.15) is 11.2 Å². The van der Waals surface area contributed by atoms with Crippen molar-refractivity contribution >= 4 is 28.4 Å². The highest BCUT2D eigenvalue weighted by Crippen LogP contribution is 2.66. The van der Waals surface area contributed by atoms with E-state index in [-0.39, 0.29) is 66.3 Å². The van der Waals surface area contributed by atoms with Crippen LogP contribution in [-0.2, 0) is 16.0 Å². The lowest BCUT2D eigenvalue weighted by molar-refractivity contribution is -0.137. The average Bonchev–Trinajstić information content (AvgIpc) is 3.86. The molecule has 2 aliphatic heterocycles. The molecule has 3 saturated carbocycles. The van der Waals surface area contributed by atoms with Crippen LogP contribution in [0.1, 0.15) is 115 Å². The van der Waals surface area contributed by atoms with Crippen molar-refractivity contribution in [1.82, 2.24) is 20.9 Å². The molecule has 1 spiro atoms. The fourth-order valence-corrected chi connectivity index (χ4v) is 16.0. The maximum atomic E-state index is 14.9. The summed E-state index contributed by atoms with van der Waals surface area (Å²) in [4.78, 5) is 32.3. The average molecular weight is 986 g/mol. The molecule has 4 aromatic rings. The maximum Gasteiger partial charge on any atom is 0.160 e. The molecule has 1 aromatic heterocycles. The molecule has 382 valence electrons. The third-order valence-corrected chi connectivity index (χ3v) is 19.4. The van der Waals surface area contributed by atoms with E-state index in [1.165, 1.54) is 23.9 Å². The van der Waals surface area contributed by atoms with Crippen molar-refractivity contribution in [3.63, 3.8) is 0 Å². The SMILES string of the molecule is CCNCC1C(C2CCC3(C#CC(CC(O)C(O)CC(C4=CCNC(N)=C4)c4ccc5ccccc5c4)c4cc(O)c(OC)cc4CCC3=O)C(O)C2)CC2CNC3CC(=O)C4C=Cc5c[nH]c6c5C4C3C2C61. The number of aliphatic hydroxyl groups is 3. The molecular formula is C61H71N5O7. The predicted molar refractivity (Wildman–Crippen MR) is 281 cm³/mol. The molecule has 12 rings (SSSR count). The molecule has 16 unspecified atom stereocenters. The fourth-order valence-electron chi connectivity index (χ4n) is 16.0. The van der Waals surface area contributed by atoms with Gasteiger partial charge in [0.2, 0.25) is 0 Å². The van der Waals surface area contributed by atoms with Crippen LogP contribution in [0.3, 0.4) is 0 Å². The van der Waals surface area contributed by atoms with E-state index >= 15 is 0 Å². The van der Waals surface area contributed by atoms with E-state index in [1.807, 2.05) is 18.2 Å². The topological polar surface area (TPSA) is 202 Å². The molecule has 0 amide bonds. The Kier molecular flexibility index (Phi) is 12.7. The molecule has 3 aromatic carbocycles. The van der Waals surface area contributed by atoms with Crippen molar-refractivity contribution in [3.8, 4) is 23.3 Å². The third-order valence-electron chi connectivity index (χ3n) is 19.4. The van der Waals surface area contributed by atoms with Crippen LogP contribution in [-0.4, -0.2) is 94.6 Å². The van der Waals surface area contributed by atoms with E-state index in [4.69, 9.17) is 10.5 Å². The quantitative estimate of drug-likeness (QED) is 0.0676. The summed E-state index contributed by atoms with van der Waals surface area (Å²) in [6, 6.07) is 18.0. The minimum absolute atomic E-state index is 0.0287. The number of hydrogen-bond donors (Lipinski definition) is 9. The van der Waals surface area contributed by atoms with E-state index < -0.39 is 29.6 Å². The highest BCUT2D eigenvalue weighted by Gasteiger charge is 2.63. The summed E-state index contributed by atoms with van der Waals surface area (Å²) in [6.45, 7) is 5.31. The van der Waals surface area contributed by atoms with Crippen molar-refractivity contribution in [3.05, 3.63) is 124 Å². The minimum Gasteiger partial charge on any atom is -0.504 e. The first-order valence-electron chi connectivity index (χ1n) is 27.2. The van der Waals surface area contributed by atoms with E-state index in [0.717, 1.165) is 59.9 Å². The number of dihydropyridines is 1. The Bertz CT molecular complexity index is 2980. The zero-order valence-corrected chi connectivity index (χ0v) is 42.0. The van der Waals surface area contributed by atoms with Gasteiger partial charge in [0, 0.05) is 66.9 Å². The lowest BCUT2D eigenvalue weighted by Crippen LogP contribution is -2.64. The van der Waals surface area contributed by atoms with Gasteiger partial charge in [-0.05, 0) is 162 Å². The minimum atomic E-state index is -1.32. The Hall–Kier alpha value is -5.68. The van der Waals surface area contributed by atoms with E-state index in [1.54, 1.807) is 12.1 Å². The number of piperidine rings is 1. The highest BCUT2D eigenvalue weighted by molar-refractivity contribution is 5.90. The lowest BCUT2D eigenvalue weighted by atomic mass is 9.44. The van der Waals surface area contributed by atoms with Crippen LogP contribution >= 0.6 is 0 Å². The lowest BCUT2D eigenvalue weighted by Gasteiger charge is -2.62. The number of H-pyrrole nitrogens is 1. The number of benzene rings is 3. The number of methoxy groups -OCH3 is 1. The van der Waals surface area contributed by atoms with Crippen molar-refractivity contribution in [2.45, 2.75) is 113 Å². The predicted octanol–water partition coefficient (Wildman–Crippen LogP) is 6.81. The van der Waals surface area contributed by atoms with Crippen LogP contribution in [0.4, 0.5) is 0 Å². The zero-order chi connectivity index (χ0) is 50.3. The van der Waals surface area contributed by atoms with Crippen molar-refractivity contribution in [2.75, 3.05) is 33.3 Å². The Morgan fingerprint density at radius 2 is 1.85 bits per heavy atom. The number of nitrogens with one attached hydrogen (secondary N) is 4. The van der Waals surface area contributed by atoms with Gasteiger partial charge < -0.3 is 51.8 Å². The number of ketones is 2. The molecule has 3 heterocycles. The van der Waals surface area contributed by atoms with E-state index in [2.05, 4.69) is 94.5 Å². The van der Waals surface area contributed by atoms with Crippen molar-refractivity contribution < 1.29 is 34.8 Å². The van der Waals surface area contributed by atoms with E-state index in [9.17, 15) is 30.0 Å². The van der Waals surface area contributed by atoms with Gasteiger partial charge in [0.15, 0.2) is 17.3 Å². The molecule has 73 heavy (non-hydrogen) atoms. The van der Waals surface area contributed by atoms with Crippen LogP contribution < -0.4 is 26.4 Å². The summed E-state index contributed by atoms with van der Waals surface area (Å²) in [7, 11) is 1.49. The molecule has 0 radical (unpaired) electrons. The number of aromatic nitrogens is 1. The molecule has 0 bridgehead atoms. The number of phenolic OH excluding ortho intramolecular Hbond substituents is 1. The summed E-state index contributed by atoms with van der Waals surface area (Å²) in [5, 5.41) is 61.2. The van der Waals surface area contributed by atoms with Gasteiger partial charge >= 0.3 is 0 Å². The first kappa shape index (κ1) is 48.3. The number of rotatable bonds is 12. The number of carbonyl (C=O) groups excluding carboxylic acids is 2. The maximum absolute atomic E-state index is 14.9. The first-order chi connectivity index (χ1) is 35.4. The monoisotopic (exact) mass is 986 g/mol. The highest BCUT2D eigenvalue weighted by atomic mass is 16.5. The number of carbonyl (C=O) groups is 2. The van der Waals surface area contributed by atoms with Crippen LogP contribution in [0.2, 0.25) is 0 Å². The molecule has 8 aliphatic rings. The summed E-state index contributed by atoms with van der Waals surface area (Å²) < 4.78 is 5.56. The molecule has 16 atom stereocenters. The molecule has 4 fully saturated rings. The number of phenols is 1. The number of ether oxygens (including phenoxy) is 1. The Labute approximate surface area is 428 Å². The summed E-state index contributed by atoms with van der Waals surface area (Å²) >= 11 is 0. The van der Waals surface area contributed by atoms with Gasteiger partial charge in [-0.3, -0.25) is 9.59 Å². The third kappa shape index (κ3) is 8.25. The van der Waals surface area contributed by atoms with Crippen LogP contribution in [0, 0.1) is 58.7 Å². The van der Waals surface area contributed by atoms with Gasteiger partial charge in [-0.1, -0.05) is 79.5 Å². The number of allylic oxidation sites excluding steroid dienone is 3. The fraction of sp³-hybridized carbons (Fsp3) is 0.508. The standard InChI is InChI=1S/C61H71N5O7/c1-3-63-31-45-44(21-40-30-65-46-28-47(67)41-12-10-39-29-66-60-56(39)57(41)59(46)55(40)58(45)60)37-15-18-61(53(72)24-37)17-14-36(43-27-50(70)51(73-2)23-35(43)11-13-52(61)71)22-48(68)49(69)26-42(38-16-19-64-54(62)25-38)34-9-8-32-6-4-5-7-33(32)20-34/h4-10,12,16,20,23,25,27,29,36-37,40-42,44-46,48-49,53,55,57-59,63-66,68-70,72H,3,11,13,15,18-19,21-22,24,26,28,30-31,62H2,1-2H3. The van der Waals surface area contributed by atoms with Crippen molar-refractivity contribution in [1.29, 1.82) is 0 Å². The van der Waals surface area contributed by atoms with Crippen LogP contribution in [0.15, 0.2) is 90.4 Å². The second-order valence-electron chi connectivity index (χ2n) is 22.9. The molecule has 1 saturated heterocycles. The first-order valence-corrected chi connectivity index (χ1v) is 27.2. The van der Waals surface area contributed by atoms with Crippen LogP contribution in [0.5, 0.6) is 11.5 Å². The number of hydrogen-bond acceptors (Lipinski definition) is 11. The number of Topliss-reactive ketones (excluding diaryl/α,β-unsaturated/α-hetero) is 2. The molecule has 10 N–H and O–H groups in total. The van der Waals surface area contributed by atoms with Gasteiger partial charge in [-0.15, -0.1) is 0 Å². The van der Waals surface area contributed by atoms with Gasteiger partial charge in [-0.25, -0.2) is 0 Å². The number of nitrogens with two attached hydrogens (primary N) is 1. The number of aromatic amines is 1. The summed E-state index contributed by atoms with van der Waals surface area (Å²) in [5.74, 6) is 9.40. The van der Waals surface area contributed by atoms with E-state index in [0.29, 0.717) is 84.9 Å². The Morgan fingerprint density at radius 3 is 2.66 bits per heavy atom. The second kappa shape index (κ2) is 19.2. The number of aliphatic hydroxyl groups excluding tert-OH is 3. The number of aromatic hydroxyl groups is 1. The van der Waals surface area contributed by atoms with Crippen molar-refractivity contribution in [2.24, 2.45) is 52.6 Å². The zero-order valence-electron chi connectivity index (χ0n) is 42.0. The molecule has 12 heteroatoms. The number of fused-ring (bicyclic) bond motifs is 3. The molecule has 6 aliphatic carbocycles. The summed E-state index contributed by atoms with van der Waals surface area (Å²) in [6.07, 6.45) is 11.0. The Morgan fingerprint density at radius 1 is 1.00 bits per heavy atom.